The molecule has 0 saturated heterocycles. The molecule has 0 N–H and O–H groups in total. The summed E-state index contributed by atoms with van der Waals surface area (Å²) in [4.78, 5) is 4.25. The van der Waals surface area contributed by atoms with E-state index in [4.69, 9.17) is 11.6 Å². The molecule has 0 bridgehead atoms. The number of aromatic nitrogens is 4. The van der Waals surface area contributed by atoms with Crippen LogP contribution in [0.2, 0.25) is 5.02 Å². The van der Waals surface area contributed by atoms with Gasteiger partial charge in [0.1, 0.15) is 5.69 Å². The standard InChI is InChI=1S/C19H12ClN5/c20-15-6-3-5-13(8-15)18-12-25(24-23-18)19(9-21)17-11-22-10-14-4-1-2-7-16(14)17/h1-8,10-12,19H. The molecular formula is C19H12ClN5. The average molecular weight is 346 g/mol. The quantitative estimate of drug-likeness (QED) is 0.556. The molecule has 0 aliphatic rings. The second kappa shape index (κ2) is 6.34. The summed E-state index contributed by atoms with van der Waals surface area (Å²) in [7, 11) is 0. The summed E-state index contributed by atoms with van der Waals surface area (Å²) in [6.45, 7) is 0. The summed E-state index contributed by atoms with van der Waals surface area (Å²) in [5, 5.41) is 20.6. The molecule has 0 amide bonds. The first kappa shape index (κ1) is 15.3. The van der Waals surface area contributed by atoms with E-state index in [-0.39, 0.29) is 0 Å². The second-order valence-electron chi connectivity index (χ2n) is 5.58. The molecule has 4 rings (SSSR count). The number of nitriles is 1. The number of hydrogen-bond acceptors (Lipinski definition) is 4. The van der Waals surface area contributed by atoms with Crippen molar-refractivity contribution >= 4 is 22.4 Å². The molecule has 2 heterocycles. The van der Waals surface area contributed by atoms with Crippen LogP contribution in [0, 0.1) is 11.3 Å². The predicted octanol–water partition coefficient (Wildman–Crippen LogP) is 4.26. The first-order valence-corrected chi connectivity index (χ1v) is 8.04. The normalized spacial score (nSPS) is 12.0. The van der Waals surface area contributed by atoms with E-state index in [0.29, 0.717) is 10.7 Å². The van der Waals surface area contributed by atoms with Gasteiger partial charge in [-0.25, -0.2) is 4.68 Å². The number of hydrogen-bond donors (Lipinski definition) is 0. The Bertz CT molecular complexity index is 1090. The molecule has 1 unspecified atom stereocenters. The van der Waals surface area contributed by atoms with E-state index in [1.54, 1.807) is 29.3 Å². The van der Waals surface area contributed by atoms with Gasteiger partial charge in [0.25, 0.3) is 0 Å². The van der Waals surface area contributed by atoms with Gasteiger partial charge in [0.15, 0.2) is 6.04 Å². The molecule has 0 saturated carbocycles. The number of nitrogens with zero attached hydrogens (tertiary/aromatic N) is 5. The molecule has 0 spiro atoms. The lowest BCUT2D eigenvalue weighted by Crippen LogP contribution is -2.10. The van der Waals surface area contributed by atoms with Crippen LogP contribution in [0.3, 0.4) is 0 Å². The lowest BCUT2D eigenvalue weighted by molar-refractivity contribution is 0.595. The Balaban J connectivity index is 1.79. The summed E-state index contributed by atoms with van der Waals surface area (Å²) in [6.07, 6.45) is 5.24. The summed E-state index contributed by atoms with van der Waals surface area (Å²) in [5.41, 5.74) is 2.31. The Morgan fingerprint density at radius 3 is 2.80 bits per heavy atom. The number of halogens is 1. The summed E-state index contributed by atoms with van der Waals surface area (Å²) >= 11 is 6.04. The first-order valence-electron chi connectivity index (χ1n) is 7.66. The predicted molar refractivity (Wildman–Crippen MR) is 96.0 cm³/mol. The van der Waals surface area contributed by atoms with Crippen LogP contribution in [0.4, 0.5) is 0 Å². The smallest absolute Gasteiger partial charge is 0.167 e. The van der Waals surface area contributed by atoms with E-state index in [2.05, 4.69) is 21.4 Å². The van der Waals surface area contributed by atoms with Crippen LogP contribution >= 0.6 is 11.6 Å². The molecule has 5 nitrogen and oxygen atoms in total. The van der Waals surface area contributed by atoms with Gasteiger partial charge < -0.3 is 0 Å². The first-order chi connectivity index (χ1) is 12.3. The molecule has 6 heteroatoms. The lowest BCUT2D eigenvalue weighted by atomic mass is 10.0. The third-order valence-corrected chi connectivity index (χ3v) is 4.25. The van der Waals surface area contributed by atoms with E-state index in [0.717, 1.165) is 21.9 Å². The highest BCUT2D eigenvalue weighted by molar-refractivity contribution is 6.30. The second-order valence-corrected chi connectivity index (χ2v) is 6.01. The maximum absolute atomic E-state index is 9.73. The molecule has 0 aliphatic carbocycles. The number of pyridine rings is 1. The average Bonchev–Trinajstić information content (AvgIpc) is 3.12. The van der Waals surface area contributed by atoms with Crippen molar-refractivity contribution in [3.05, 3.63) is 77.7 Å². The minimum atomic E-state index is -0.612. The fourth-order valence-electron chi connectivity index (χ4n) is 2.81. The van der Waals surface area contributed by atoms with Crippen molar-refractivity contribution < 1.29 is 0 Å². The van der Waals surface area contributed by atoms with Gasteiger partial charge in [0, 0.05) is 33.9 Å². The Morgan fingerprint density at radius 1 is 1.08 bits per heavy atom. The SMILES string of the molecule is N#CC(c1cncc2ccccc12)n1cc(-c2cccc(Cl)c2)nn1. The van der Waals surface area contributed by atoms with Crippen molar-refractivity contribution in [1.82, 2.24) is 20.0 Å². The summed E-state index contributed by atoms with van der Waals surface area (Å²) < 4.78 is 1.56. The molecule has 1 atom stereocenters. The van der Waals surface area contributed by atoms with Crippen molar-refractivity contribution in [2.24, 2.45) is 0 Å². The van der Waals surface area contributed by atoms with Gasteiger partial charge in [0.2, 0.25) is 0 Å². The Morgan fingerprint density at radius 2 is 1.96 bits per heavy atom. The van der Waals surface area contributed by atoms with Crippen molar-refractivity contribution in [2.45, 2.75) is 6.04 Å². The highest BCUT2D eigenvalue weighted by Crippen LogP contribution is 2.27. The van der Waals surface area contributed by atoms with Crippen molar-refractivity contribution in [2.75, 3.05) is 0 Å². The molecule has 0 fully saturated rings. The zero-order valence-corrected chi connectivity index (χ0v) is 13.8. The summed E-state index contributed by atoms with van der Waals surface area (Å²) in [5.74, 6) is 0. The Hall–Kier alpha value is -3.23. The van der Waals surface area contributed by atoms with E-state index in [1.165, 1.54) is 0 Å². The molecule has 4 aromatic rings. The van der Waals surface area contributed by atoms with Crippen LogP contribution in [0.1, 0.15) is 11.6 Å². The van der Waals surface area contributed by atoms with Crippen LogP contribution in [0.5, 0.6) is 0 Å². The van der Waals surface area contributed by atoms with E-state index in [1.807, 2.05) is 42.5 Å². The van der Waals surface area contributed by atoms with Gasteiger partial charge in [-0.3, -0.25) is 4.98 Å². The largest absolute Gasteiger partial charge is 0.264 e. The lowest BCUT2D eigenvalue weighted by Gasteiger charge is -2.11. The van der Waals surface area contributed by atoms with Gasteiger partial charge in [-0.05, 0) is 17.5 Å². The molecular weight excluding hydrogens is 334 g/mol. The molecule has 25 heavy (non-hydrogen) atoms. The highest BCUT2D eigenvalue weighted by Gasteiger charge is 2.18. The van der Waals surface area contributed by atoms with Crippen molar-refractivity contribution in [3.8, 4) is 17.3 Å². The Labute approximate surface area is 149 Å². The van der Waals surface area contributed by atoms with E-state index in [9.17, 15) is 5.26 Å². The molecule has 2 aromatic carbocycles. The fraction of sp³-hybridized carbons (Fsp3) is 0.0526. The minimum Gasteiger partial charge on any atom is -0.264 e. The maximum Gasteiger partial charge on any atom is 0.167 e. The fourth-order valence-corrected chi connectivity index (χ4v) is 3.00. The van der Waals surface area contributed by atoms with Crippen LogP contribution in [0.25, 0.3) is 22.0 Å². The molecule has 0 aliphatic heterocycles. The minimum absolute atomic E-state index is 0.612. The third-order valence-electron chi connectivity index (χ3n) is 4.01. The molecule has 2 aromatic heterocycles. The monoisotopic (exact) mass is 345 g/mol. The van der Waals surface area contributed by atoms with Gasteiger partial charge in [-0.15, -0.1) is 5.10 Å². The van der Waals surface area contributed by atoms with Gasteiger partial charge in [-0.1, -0.05) is 53.2 Å². The number of fused-ring (bicyclic) bond motifs is 1. The zero-order chi connectivity index (χ0) is 17.2. The van der Waals surface area contributed by atoms with Gasteiger partial charge >= 0.3 is 0 Å². The maximum atomic E-state index is 9.73. The van der Waals surface area contributed by atoms with E-state index < -0.39 is 6.04 Å². The molecule has 0 radical (unpaired) electrons. The summed E-state index contributed by atoms with van der Waals surface area (Å²) in [6, 6.07) is 16.9. The van der Waals surface area contributed by atoms with Gasteiger partial charge in [0.05, 0.1) is 12.3 Å². The molecule has 120 valence electrons. The number of benzene rings is 2. The van der Waals surface area contributed by atoms with Crippen molar-refractivity contribution in [1.29, 1.82) is 5.26 Å². The third kappa shape index (κ3) is 2.84. The van der Waals surface area contributed by atoms with E-state index >= 15 is 0 Å². The Kier molecular flexibility index (Phi) is 3.88. The zero-order valence-electron chi connectivity index (χ0n) is 13.0. The van der Waals surface area contributed by atoms with Crippen LogP contribution in [0.15, 0.2) is 67.1 Å². The van der Waals surface area contributed by atoms with Crippen molar-refractivity contribution in [3.63, 3.8) is 0 Å². The van der Waals surface area contributed by atoms with Crippen LogP contribution in [-0.4, -0.2) is 20.0 Å². The highest BCUT2D eigenvalue weighted by atomic mass is 35.5. The number of rotatable bonds is 3. The van der Waals surface area contributed by atoms with Crippen LogP contribution in [-0.2, 0) is 0 Å². The van der Waals surface area contributed by atoms with Gasteiger partial charge in [-0.2, -0.15) is 5.26 Å². The van der Waals surface area contributed by atoms with Crippen LogP contribution < -0.4 is 0 Å². The topological polar surface area (TPSA) is 67.4 Å².